The number of hydrogen-bond acceptors (Lipinski definition) is 6. The number of nitrogens with one attached hydrogen (secondary N) is 1. The predicted molar refractivity (Wildman–Crippen MR) is 130 cm³/mol. The van der Waals surface area contributed by atoms with Crippen molar-refractivity contribution in [2.75, 3.05) is 21.3 Å². The number of carbonyl (C=O) groups excluding carboxylic acids is 1. The van der Waals surface area contributed by atoms with Crippen LogP contribution in [0.5, 0.6) is 17.2 Å². The van der Waals surface area contributed by atoms with Gasteiger partial charge in [-0.2, -0.15) is 0 Å². The van der Waals surface area contributed by atoms with Gasteiger partial charge in [-0.15, -0.1) is 11.3 Å². The van der Waals surface area contributed by atoms with Gasteiger partial charge in [-0.25, -0.2) is 4.98 Å². The first kappa shape index (κ1) is 22.4. The second-order valence-electron chi connectivity index (χ2n) is 7.22. The van der Waals surface area contributed by atoms with Crippen molar-refractivity contribution in [3.8, 4) is 39.1 Å². The molecular weight excluding hydrogens is 436 g/mol. The summed E-state index contributed by atoms with van der Waals surface area (Å²) in [5.41, 5.74) is 4.44. The van der Waals surface area contributed by atoms with E-state index in [9.17, 15) is 4.79 Å². The molecule has 1 amide bonds. The lowest BCUT2D eigenvalue weighted by Gasteiger charge is -2.08. The lowest BCUT2D eigenvalue weighted by molar-refractivity contribution is 0.0950. The van der Waals surface area contributed by atoms with Crippen LogP contribution in [0.15, 0.2) is 72.1 Å². The molecule has 1 aromatic heterocycles. The minimum atomic E-state index is -0.141. The maximum absolute atomic E-state index is 12.4. The standard InChI is InChI=1S/C26H24N2O4S/c1-30-21-6-4-5-20(13-21)25(29)27-15-17-7-9-18(10-8-17)26-28-22(16-33-26)19-11-12-23(31-2)24(14-19)32-3/h4-14,16H,15H2,1-3H3,(H,27,29). The summed E-state index contributed by atoms with van der Waals surface area (Å²) in [5, 5.41) is 5.89. The smallest absolute Gasteiger partial charge is 0.251 e. The van der Waals surface area contributed by atoms with Crippen molar-refractivity contribution in [1.82, 2.24) is 10.3 Å². The van der Waals surface area contributed by atoms with Gasteiger partial charge in [-0.1, -0.05) is 30.3 Å². The third kappa shape index (κ3) is 5.15. The Morgan fingerprint density at radius 3 is 2.36 bits per heavy atom. The zero-order valence-corrected chi connectivity index (χ0v) is 19.4. The van der Waals surface area contributed by atoms with Crippen molar-refractivity contribution in [3.05, 3.63) is 83.2 Å². The van der Waals surface area contributed by atoms with E-state index in [1.807, 2.05) is 53.9 Å². The molecule has 1 heterocycles. The molecule has 0 saturated heterocycles. The minimum absolute atomic E-state index is 0.141. The molecule has 33 heavy (non-hydrogen) atoms. The fourth-order valence-corrected chi connectivity index (χ4v) is 4.18. The number of ether oxygens (including phenoxy) is 3. The van der Waals surface area contributed by atoms with E-state index in [0.29, 0.717) is 29.4 Å². The highest BCUT2D eigenvalue weighted by molar-refractivity contribution is 7.13. The Balaban J connectivity index is 1.42. The third-order valence-corrected chi connectivity index (χ3v) is 6.06. The number of thiazole rings is 1. The van der Waals surface area contributed by atoms with Gasteiger partial charge in [-0.3, -0.25) is 4.79 Å². The molecule has 4 aromatic rings. The van der Waals surface area contributed by atoms with Gasteiger partial charge in [0.25, 0.3) is 5.91 Å². The fraction of sp³-hybridized carbons (Fsp3) is 0.154. The molecule has 0 fully saturated rings. The lowest BCUT2D eigenvalue weighted by Crippen LogP contribution is -2.22. The van der Waals surface area contributed by atoms with Crippen LogP contribution in [-0.4, -0.2) is 32.2 Å². The molecule has 168 valence electrons. The lowest BCUT2D eigenvalue weighted by atomic mass is 10.1. The first-order valence-electron chi connectivity index (χ1n) is 10.3. The van der Waals surface area contributed by atoms with E-state index in [4.69, 9.17) is 19.2 Å². The largest absolute Gasteiger partial charge is 0.497 e. The molecule has 0 atom stereocenters. The highest BCUT2D eigenvalue weighted by atomic mass is 32.1. The van der Waals surface area contributed by atoms with Gasteiger partial charge in [0.2, 0.25) is 0 Å². The summed E-state index contributed by atoms with van der Waals surface area (Å²) >= 11 is 1.58. The van der Waals surface area contributed by atoms with Crippen LogP contribution >= 0.6 is 11.3 Å². The summed E-state index contributed by atoms with van der Waals surface area (Å²) in [6.07, 6.45) is 0. The zero-order chi connectivity index (χ0) is 23.2. The van der Waals surface area contributed by atoms with Gasteiger partial charge in [0.05, 0.1) is 27.0 Å². The summed E-state index contributed by atoms with van der Waals surface area (Å²) in [6, 6.07) is 20.9. The Hall–Kier alpha value is -3.84. The van der Waals surface area contributed by atoms with Crippen molar-refractivity contribution in [3.63, 3.8) is 0 Å². The maximum atomic E-state index is 12.4. The number of benzene rings is 3. The molecule has 6 nitrogen and oxygen atoms in total. The Labute approximate surface area is 196 Å². The van der Waals surface area contributed by atoms with E-state index < -0.39 is 0 Å². The summed E-state index contributed by atoms with van der Waals surface area (Å²) in [7, 11) is 4.82. The van der Waals surface area contributed by atoms with Crippen LogP contribution in [0.25, 0.3) is 21.8 Å². The summed E-state index contributed by atoms with van der Waals surface area (Å²) in [6.45, 7) is 0.436. The summed E-state index contributed by atoms with van der Waals surface area (Å²) in [5.74, 6) is 1.87. The van der Waals surface area contributed by atoms with Gasteiger partial charge in [0.15, 0.2) is 11.5 Å². The molecule has 0 aliphatic carbocycles. The van der Waals surface area contributed by atoms with Gasteiger partial charge < -0.3 is 19.5 Å². The second kappa shape index (κ2) is 10.2. The molecule has 0 radical (unpaired) electrons. The number of aromatic nitrogens is 1. The number of amides is 1. The monoisotopic (exact) mass is 460 g/mol. The van der Waals surface area contributed by atoms with Crippen molar-refractivity contribution in [2.24, 2.45) is 0 Å². The number of hydrogen-bond donors (Lipinski definition) is 1. The second-order valence-corrected chi connectivity index (χ2v) is 8.08. The van der Waals surface area contributed by atoms with Crippen LogP contribution in [0, 0.1) is 0 Å². The molecule has 0 bridgehead atoms. The SMILES string of the molecule is COc1cccc(C(=O)NCc2ccc(-c3nc(-c4ccc(OC)c(OC)c4)cs3)cc2)c1. The number of nitrogens with zero attached hydrogens (tertiary/aromatic N) is 1. The highest BCUT2D eigenvalue weighted by Crippen LogP contribution is 2.34. The molecule has 3 aromatic carbocycles. The average Bonchev–Trinajstić information content (AvgIpc) is 3.37. The topological polar surface area (TPSA) is 69.7 Å². The molecule has 0 aliphatic rings. The molecule has 0 aliphatic heterocycles. The van der Waals surface area contributed by atoms with Crippen LogP contribution in [0.3, 0.4) is 0 Å². The Morgan fingerprint density at radius 2 is 1.64 bits per heavy atom. The van der Waals surface area contributed by atoms with Crippen molar-refractivity contribution >= 4 is 17.2 Å². The predicted octanol–water partition coefficient (Wildman–Crippen LogP) is 5.43. The highest BCUT2D eigenvalue weighted by Gasteiger charge is 2.11. The van der Waals surface area contributed by atoms with Crippen LogP contribution < -0.4 is 19.5 Å². The third-order valence-electron chi connectivity index (χ3n) is 5.17. The van der Waals surface area contributed by atoms with Crippen molar-refractivity contribution in [2.45, 2.75) is 6.54 Å². The minimum Gasteiger partial charge on any atom is -0.497 e. The fourth-order valence-electron chi connectivity index (χ4n) is 3.35. The van der Waals surface area contributed by atoms with Crippen molar-refractivity contribution in [1.29, 1.82) is 0 Å². The molecule has 1 N–H and O–H groups in total. The van der Waals surface area contributed by atoms with E-state index in [1.54, 1.807) is 50.9 Å². The first-order chi connectivity index (χ1) is 16.1. The van der Waals surface area contributed by atoms with Crippen LogP contribution in [0.1, 0.15) is 15.9 Å². The van der Waals surface area contributed by atoms with Crippen LogP contribution in [0.2, 0.25) is 0 Å². The summed E-state index contributed by atoms with van der Waals surface area (Å²) in [4.78, 5) is 17.2. The average molecular weight is 461 g/mol. The number of carbonyl (C=O) groups is 1. The number of methoxy groups -OCH3 is 3. The molecule has 0 saturated carbocycles. The van der Waals surface area contributed by atoms with E-state index in [2.05, 4.69) is 5.32 Å². The Bertz CT molecular complexity index is 1250. The number of rotatable bonds is 8. The normalized spacial score (nSPS) is 10.5. The molecule has 0 spiro atoms. The Kier molecular flexibility index (Phi) is 6.90. The van der Waals surface area contributed by atoms with E-state index in [-0.39, 0.29) is 5.91 Å². The molecule has 7 heteroatoms. The van der Waals surface area contributed by atoms with Crippen molar-refractivity contribution < 1.29 is 19.0 Å². The molecular formula is C26H24N2O4S. The first-order valence-corrected chi connectivity index (χ1v) is 11.2. The maximum Gasteiger partial charge on any atom is 0.251 e. The quantitative estimate of drug-likeness (QED) is 0.380. The van der Waals surface area contributed by atoms with Crippen LogP contribution in [0.4, 0.5) is 0 Å². The molecule has 0 unspecified atom stereocenters. The summed E-state index contributed by atoms with van der Waals surface area (Å²) < 4.78 is 15.9. The van der Waals surface area contributed by atoms with E-state index in [1.165, 1.54) is 0 Å². The van der Waals surface area contributed by atoms with Gasteiger partial charge in [0, 0.05) is 28.6 Å². The van der Waals surface area contributed by atoms with Gasteiger partial charge in [0.1, 0.15) is 10.8 Å². The molecule has 4 rings (SSSR count). The van der Waals surface area contributed by atoms with Gasteiger partial charge in [-0.05, 0) is 42.0 Å². The van der Waals surface area contributed by atoms with Gasteiger partial charge >= 0.3 is 0 Å². The van der Waals surface area contributed by atoms with E-state index >= 15 is 0 Å². The van der Waals surface area contributed by atoms with Crippen LogP contribution in [-0.2, 0) is 6.54 Å². The van der Waals surface area contributed by atoms with E-state index in [0.717, 1.165) is 27.4 Å². The zero-order valence-electron chi connectivity index (χ0n) is 18.6. The Morgan fingerprint density at radius 1 is 0.879 bits per heavy atom.